The fourth-order valence-electron chi connectivity index (χ4n) is 3.35. The molecule has 3 rings (SSSR count). The molecule has 0 aliphatic heterocycles. The zero-order valence-electron chi connectivity index (χ0n) is 14.6. The van der Waals surface area contributed by atoms with Gasteiger partial charge in [-0.2, -0.15) is 5.10 Å². The summed E-state index contributed by atoms with van der Waals surface area (Å²) < 4.78 is 1.85. The van der Waals surface area contributed by atoms with Crippen LogP contribution in [0.4, 0.5) is 4.79 Å². The molecule has 0 atom stereocenters. The Morgan fingerprint density at radius 3 is 2.50 bits per heavy atom. The lowest BCUT2D eigenvalue weighted by Crippen LogP contribution is -2.44. The molecule has 2 aromatic rings. The molecule has 1 aliphatic rings. The molecule has 26 heavy (non-hydrogen) atoms. The molecule has 3 N–H and O–H groups in total. The number of nitrogens with zero attached hydrogens (tertiary/aromatic N) is 2. The molecule has 0 saturated heterocycles. The standard InChI is InChI=1S/C19H24N4O3/c24-18(25)14-6-8-17(9-7-14)22-19(26)20-12-15-4-1-2-5-16(15)13-23-11-3-10-21-23/h1-5,10-11,14,17H,6-9,12-13H2,(H,24,25)(H2,20,22,26). The molecule has 0 spiro atoms. The maximum absolute atomic E-state index is 12.2. The number of carboxylic acid groups (broad SMARTS) is 1. The van der Waals surface area contributed by atoms with Crippen molar-refractivity contribution in [1.82, 2.24) is 20.4 Å². The predicted octanol–water partition coefficient (Wildman–Crippen LogP) is 2.37. The van der Waals surface area contributed by atoms with E-state index in [9.17, 15) is 9.59 Å². The van der Waals surface area contributed by atoms with E-state index in [0.717, 1.165) is 11.1 Å². The van der Waals surface area contributed by atoms with Crippen molar-refractivity contribution in [2.24, 2.45) is 5.92 Å². The van der Waals surface area contributed by atoms with Gasteiger partial charge in [-0.1, -0.05) is 24.3 Å². The van der Waals surface area contributed by atoms with E-state index >= 15 is 0 Å². The van der Waals surface area contributed by atoms with Crippen LogP contribution in [0.1, 0.15) is 36.8 Å². The number of hydrogen-bond donors (Lipinski definition) is 3. The number of carbonyl (C=O) groups excluding carboxylic acids is 1. The van der Waals surface area contributed by atoms with Gasteiger partial charge >= 0.3 is 12.0 Å². The minimum Gasteiger partial charge on any atom is -0.481 e. The molecule has 0 unspecified atom stereocenters. The van der Waals surface area contributed by atoms with Crippen LogP contribution in [0.3, 0.4) is 0 Å². The summed E-state index contributed by atoms with van der Waals surface area (Å²) in [7, 11) is 0. The van der Waals surface area contributed by atoms with Gasteiger partial charge in [-0.25, -0.2) is 4.79 Å². The van der Waals surface area contributed by atoms with Crippen molar-refractivity contribution in [1.29, 1.82) is 0 Å². The fraction of sp³-hybridized carbons (Fsp3) is 0.421. The van der Waals surface area contributed by atoms with E-state index in [2.05, 4.69) is 15.7 Å². The van der Waals surface area contributed by atoms with Crippen LogP contribution in [-0.2, 0) is 17.9 Å². The summed E-state index contributed by atoms with van der Waals surface area (Å²) in [5.41, 5.74) is 2.16. The third-order valence-electron chi connectivity index (χ3n) is 4.86. The fourth-order valence-corrected chi connectivity index (χ4v) is 3.35. The van der Waals surface area contributed by atoms with Gasteiger partial charge in [-0.15, -0.1) is 0 Å². The van der Waals surface area contributed by atoms with Gasteiger partial charge in [0.15, 0.2) is 0 Å². The average molecular weight is 356 g/mol. The summed E-state index contributed by atoms with van der Waals surface area (Å²) in [4.78, 5) is 23.2. The summed E-state index contributed by atoms with van der Waals surface area (Å²) in [6.07, 6.45) is 6.30. The monoisotopic (exact) mass is 356 g/mol. The van der Waals surface area contributed by atoms with Gasteiger partial charge in [0.05, 0.1) is 12.5 Å². The molecule has 1 aliphatic carbocycles. The molecule has 1 fully saturated rings. The number of carboxylic acids is 1. The number of rotatable bonds is 6. The maximum atomic E-state index is 12.2. The highest BCUT2D eigenvalue weighted by molar-refractivity contribution is 5.74. The number of hydrogen-bond acceptors (Lipinski definition) is 3. The second kappa shape index (κ2) is 8.51. The number of nitrogens with one attached hydrogen (secondary N) is 2. The van der Waals surface area contributed by atoms with Gasteiger partial charge in [0.2, 0.25) is 0 Å². The van der Waals surface area contributed by atoms with E-state index < -0.39 is 5.97 Å². The van der Waals surface area contributed by atoms with Crippen LogP contribution in [0.5, 0.6) is 0 Å². The second-order valence-electron chi connectivity index (χ2n) is 6.69. The Kier molecular flexibility index (Phi) is 5.88. The Bertz CT molecular complexity index is 737. The molecular formula is C19H24N4O3. The van der Waals surface area contributed by atoms with Gasteiger partial charge in [-0.3, -0.25) is 9.48 Å². The molecule has 7 heteroatoms. The van der Waals surface area contributed by atoms with Crippen molar-refractivity contribution in [2.45, 2.75) is 44.8 Å². The predicted molar refractivity (Wildman–Crippen MR) is 96.5 cm³/mol. The minimum atomic E-state index is -0.735. The largest absolute Gasteiger partial charge is 0.481 e. The third-order valence-corrected chi connectivity index (χ3v) is 4.86. The SMILES string of the molecule is O=C(NCc1ccccc1Cn1cccn1)NC1CCC(C(=O)O)CC1. The minimum absolute atomic E-state index is 0.0462. The Morgan fingerprint density at radius 1 is 1.12 bits per heavy atom. The summed E-state index contributed by atoms with van der Waals surface area (Å²) in [6.45, 7) is 1.10. The van der Waals surface area contributed by atoms with Gasteiger partial charge in [-0.05, 0) is 42.9 Å². The first kappa shape index (κ1) is 18.0. The molecule has 0 bridgehead atoms. The average Bonchev–Trinajstić information content (AvgIpc) is 3.14. The molecule has 138 valence electrons. The zero-order valence-corrected chi connectivity index (χ0v) is 14.6. The number of amides is 2. The van der Waals surface area contributed by atoms with Crippen molar-refractivity contribution in [2.75, 3.05) is 0 Å². The Hall–Kier alpha value is -2.83. The molecule has 0 radical (unpaired) electrons. The molecular weight excluding hydrogens is 332 g/mol. The maximum Gasteiger partial charge on any atom is 0.315 e. The first-order valence-corrected chi connectivity index (χ1v) is 8.93. The van der Waals surface area contributed by atoms with Crippen LogP contribution in [0, 0.1) is 5.92 Å². The molecule has 1 saturated carbocycles. The lowest BCUT2D eigenvalue weighted by Gasteiger charge is -2.26. The number of benzene rings is 1. The topological polar surface area (TPSA) is 96.3 Å². The van der Waals surface area contributed by atoms with Gasteiger partial charge in [0.1, 0.15) is 0 Å². The van der Waals surface area contributed by atoms with Crippen LogP contribution in [0.2, 0.25) is 0 Å². The highest BCUT2D eigenvalue weighted by atomic mass is 16.4. The summed E-state index contributed by atoms with van der Waals surface area (Å²) in [6, 6.07) is 9.68. The Balaban J connectivity index is 1.48. The van der Waals surface area contributed by atoms with Crippen LogP contribution in [-0.4, -0.2) is 32.9 Å². The van der Waals surface area contributed by atoms with Gasteiger partial charge < -0.3 is 15.7 Å². The van der Waals surface area contributed by atoms with Crippen molar-refractivity contribution >= 4 is 12.0 Å². The van der Waals surface area contributed by atoms with E-state index in [0.29, 0.717) is 38.8 Å². The number of urea groups is 1. The van der Waals surface area contributed by atoms with Crippen molar-refractivity contribution < 1.29 is 14.7 Å². The Labute approximate surface area is 152 Å². The van der Waals surface area contributed by atoms with E-state index in [1.165, 1.54) is 0 Å². The third kappa shape index (κ3) is 4.84. The van der Waals surface area contributed by atoms with Crippen LogP contribution >= 0.6 is 0 Å². The lowest BCUT2D eigenvalue weighted by atomic mass is 9.86. The molecule has 1 heterocycles. The van der Waals surface area contributed by atoms with Crippen molar-refractivity contribution in [3.05, 3.63) is 53.9 Å². The lowest BCUT2D eigenvalue weighted by molar-refractivity contribution is -0.142. The van der Waals surface area contributed by atoms with Crippen molar-refractivity contribution in [3.8, 4) is 0 Å². The summed E-state index contributed by atoms with van der Waals surface area (Å²) in [5.74, 6) is -1.01. The van der Waals surface area contributed by atoms with Crippen LogP contribution in [0.15, 0.2) is 42.7 Å². The summed E-state index contributed by atoms with van der Waals surface area (Å²) in [5, 5.41) is 19.1. The van der Waals surface area contributed by atoms with Crippen LogP contribution < -0.4 is 10.6 Å². The molecule has 1 aromatic carbocycles. The van der Waals surface area contributed by atoms with Crippen LogP contribution in [0.25, 0.3) is 0 Å². The molecule has 1 aromatic heterocycles. The summed E-state index contributed by atoms with van der Waals surface area (Å²) >= 11 is 0. The van der Waals surface area contributed by atoms with Gasteiger partial charge in [0, 0.05) is 25.0 Å². The number of carbonyl (C=O) groups is 2. The Morgan fingerprint density at radius 2 is 1.85 bits per heavy atom. The number of aliphatic carboxylic acids is 1. The van der Waals surface area contributed by atoms with E-state index in [1.807, 2.05) is 41.2 Å². The van der Waals surface area contributed by atoms with E-state index in [-0.39, 0.29) is 18.0 Å². The highest BCUT2D eigenvalue weighted by Gasteiger charge is 2.26. The molecule has 7 nitrogen and oxygen atoms in total. The first-order chi connectivity index (χ1) is 12.6. The van der Waals surface area contributed by atoms with Gasteiger partial charge in [0.25, 0.3) is 0 Å². The smallest absolute Gasteiger partial charge is 0.315 e. The second-order valence-corrected chi connectivity index (χ2v) is 6.69. The van der Waals surface area contributed by atoms with Crippen molar-refractivity contribution in [3.63, 3.8) is 0 Å². The normalized spacial score (nSPS) is 19.7. The molecule has 2 amide bonds. The quantitative estimate of drug-likeness (QED) is 0.740. The first-order valence-electron chi connectivity index (χ1n) is 8.93. The number of aromatic nitrogens is 2. The zero-order chi connectivity index (χ0) is 18.4. The van der Waals surface area contributed by atoms with E-state index in [1.54, 1.807) is 6.20 Å². The highest BCUT2D eigenvalue weighted by Crippen LogP contribution is 2.24. The van der Waals surface area contributed by atoms with E-state index in [4.69, 9.17) is 5.11 Å².